The van der Waals surface area contributed by atoms with Gasteiger partial charge >= 0.3 is 6.03 Å². The van der Waals surface area contributed by atoms with Crippen LogP contribution in [0, 0.1) is 0 Å². The summed E-state index contributed by atoms with van der Waals surface area (Å²) in [5, 5.41) is 3.37. The topological polar surface area (TPSA) is 96.4 Å². The molecule has 4 rings (SSSR count). The van der Waals surface area contributed by atoms with E-state index in [0.717, 1.165) is 37.2 Å². The predicted octanol–water partition coefficient (Wildman–Crippen LogP) is 4.25. The van der Waals surface area contributed by atoms with E-state index in [-0.39, 0.29) is 6.03 Å². The molecule has 3 aromatic heterocycles. The highest BCUT2D eigenvalue weighted by Crippen LogP contribution is 2.33. The molecule has 0 unspecified atom stereocenters. The van der Waals surface area contributed by atoms with Crippen molar-refractivity contribution in [1.29, 1.82) is 0 Å². The van der Waals surface area contributed by atoms with E-state index in [0.29, 0.717) is 34.8 Å². The lowest BCUT2D eigenvalue weighted by atomic mass is 10.1. The molecule has 0 aromatic carbocycles. The molecule has 0 saturated carbocycles. The Labute approximate surface area is 191 Å². The second-order valence-corrected chi connectivity index (χ2v) is 7.68. The molecule has 0 radical (unpaired) electrons. The Morgan fingerprint density at radius 3 is 2.81 bits per heavy atom. The van der Waals surface area contributed by atoms with Crippen molar-refractivity contribution in [3.63, 3.8) is 0 Å². The molecule has 0 atom stereocenters. The van der Waals surface area contributed by atoms with Crippen molar-refractivity contribution >= 4 is 35.0 Å². The lowest BCUT2D eigenvalue weighted by Crippen LogP contribution is -2.40. The first-order valence-corrected chi connectivity index (χ1v) is 10.8. The smallest absolute Gasteiger partial charge is 0.328 e. The summed E-state index contributed by atoms with van der Waals surface area (Å²) in [4.78, 5) is 34.3. The van der Waals surface area contributed by atoms with Crippen LogP contribution in [0.15, 0.2) is 43.0 Å². The molecule has 32 heavy (non-hydrogen) atoms. The number of methoxy groups -OCH3 is 1. The van der Waals surface area contributed by atoms with E-state index in [9.17, 15) is 4.79 Å². The van der Waals surface area contributed by atoms with Gasteiger partial charge in [0.25, 0.3) is 0 Å². The molecule has 0 saturated heterocycles. The highest BCUT2D eigenvalue weighted by Gasteiger charge is 2.26. The highest BCUT2D eigenvalue weighted by molar-refractivity contribution is 6.30. The molecule has 0 aliphatic carbocycles. The van der Waals surface area contributed by atoms with Crippen molar-refractivity contribution in [1.82, 2.24) is 19.9 Å². The Balaban J connectivity index is 1.73. The first-order valence-electron chi connectivity index (χ1n) is 10.4. The summed E-state index contributed by atoms with van der Waals surface area (Å²) in [7, 11) is 1.51. The summed E-state index contributed by atoms with van der Waals surface area (Å²) in [5.74, 6) is 1.31. The van der Waals surface area contributed by atoms with Gasteiger partial charge < -0.3 is 9.64 Å². The van der Waals surface area contributed by atoms with E-state index >= 15 is 0 Å². The van der Waals surface area contributed by atoms with Crippen LogP contribution in [0.3, 0.4) is 0 Å². The number of ether oxygens (including phenoxy) is 1. The number of nitrogens with one attached hydrogen (secondary N) is 1. The Kier molecular flexibility index (Phi) is 6.65. The van der Waals surface area contributed by atoms with E-state index < -0.39 is 0 Å². The van der Waals surface area contributed by atoms with E-state index in [4.69, 9.17) is 21.3 Å². The van der Waals surface area contributed by atoms with Crippen molar-refractivity contribution in [3.8, 4) is 17.1 Å². The fraction of sp³-hybridized carbons (Fsp3) is 0.318. The van der Waals surface area contributed by atoms with E-state index in [1.807, 2.05) is 12.1 Å². The van der Waals surface area contributed by atoms with Crippen LogP contribution < -0.4 is 19.9 Å². The van der Waals surface area contributed by atoms with Crippen LogP contribution in [0.1, 0.15) is 19.8 Å². The van der Waals surface area contributed by atoms with Crippen molar-refractivity contribution < 1.29 is 9.53 Å². The average molecular weight is 454 g/mol. The predicted molar refractivity (Wildman–Crippen MR) is 125 cm³/mol. The molecule has 2 amide bonds. The maximum atomic E-state index is 13.3. The summed E-state index contributed by atoms with van der Waals surface area (Å²) >= 11 is 6.13. The van der Waals surface area contributed by atoms with Crippen molar-refractivity contribution in [2.24, 2.45) is 0 Å². The van der Waals surface area contributed by atoms with Crippen molar-refractivity contribution in [3.05, 3.63) is 48.0 Å². The van der Waals surface area contributed by atoms with Gasteiger partial charge in [-0.25, -0.2) is 19.7 Å². The van der Waals surface area contributed by atoms with Crippen LogP contribution in [-0.4, -0.2) is 52.7 Å². The summed E-state index contributed by atoms with van der Waals surface area (Å²) in [6, 6.07) is 6.99. The van der Waals surface area contributed by atoms with Crippen LogP contribution in [-0.2, 0) is 0 Å². The minimum atomic E-state index is -0.321. The number of halogens is 1. The molecule has 1 aliphatic rings. The maximum absolute atomic E-state index is 13.3. The van der Waals surface area contributed by atoms with Crippen LogP contribution in [0.25, 0.3) is 11.3 Å². The molecule has 0 spiro atoms. The fourth-order valence-corrected chi connectivity index (χ4v) is 3.79. The molecule has 166 valence electrons. The number of urea groups is 1. The Hall–Kier alpha value is -3.46. The molecule has 4 heterocycles. The molecule has 0 bridgehead atoms. The average Bonchev–Trinajstić information content (AvgIpc) is 2.80. The van der Waals surface area contributed by atoms with Gasteiger partial charge in [-0.1, -0.05) is 11.6 Å². The Bertz CT molecular complexity index is 1110. The number of fused-ring (bicyclic) bond motifs is 1. The quantitative estimate of drug-likeness (QED) is 0.630. The second kappa shape index (κ2) is 9.78. The SMILES string of the molecule is CCN1CCCCN(C(=O)Nc2cc(OC)ncn2)c2nc(-c3cncc(Cl)c3)ccc21. The van der Waals surface area contributed by atoms with Gasteiger partial charge in [0.1, 0.15) is 12.1 Å². The van der Waals surface area contributed by atoms with E-state index in [2.05, 4.69) is 32.1 Å². The zero-order valence-electron chi connectivity index (χ0n) is 18.0. The largest absolute Gasteiger partial charge is 0.481 e. The minimum Gasteiger partial charge on any atom is -0.481 e. The second-order valence-electron chi connectivity index (χ2n) is 7.25. The number of hydrogen-bond acceptors (Lipinski definition) is 7. The highest BCUT2D eigenvalue weighted by atomic mass is 35.5. The van der Waals surface area contributed by atoms with Crippen LogP contribution in [0.5, 0.6) is 5.88 Å². The first-order chi connectivity index (χ1) is 15.6. The number of amides is 2. The molecule has 1 N–H and O–H groups in total. The number of anilines is 3. The Morgan fingerprint density at radius 2 is 2.03 bits per heavy atom. The fourth-order valence-electron chi connectivity index (χ4n) is 3.62. The normalized spacial score (nSPS) is 13.7. The number of hydrogen-bond donors (Lipinski definition) is 1. The lowest BCUT2D eigenvalue weighted by Gasteiger charge is -2.33. The zero-order chi connectivity index (χ0) is 22.5. The van der Waals surface area contributed by atoms with Crippen molar-refractivity contribution in [2.45, 2.75) is 19.8 Å². The summed E-state index contributed by atoms with van der Waals surface area (Å²) in [6.07, 6.45) is 6.45. The first kappa shape index (κ1) is 21.8. The lowest BCUT2D eigenvalue weighted by molar-refractivity contribution is 0.256. The molecular formula is C22H24ClN7O2. The van der Waals surface area contributed by atoms with Gasteiger partial charge in [-0.2, -0.15) is 0 Å². The summed E-state index contributed by atoms with van der Waals surface area (Å²) in [5.41, 5.74) is 2.38. The Morgan fingerprint density at radius 1 is 1.19 bits per heavy atom. The van der Waals surface area contributed by atoms with Gasteiger partial charge in [0.2, 0.25) is 5.88 Å². The molecule has 0 fully saturated rings. The van der Waals surface area contributed by atoms with Gasteiger partial charge in [-0.15, -0.1) is 0 Å². The van der Waals surface area contributed by atoms with Gasteiger partial charge in [0.15, 0.2) is 5.82 Å². The van der Waals surface area contributed by atoms with Gasteiger partial charge in [-0.05, 0) is 38.0 Å². The number of carbonyl (C=O) groups excluding carboxylic acids is 1. The third kappa shape index (κ3) is 4.72. The third-order valence-electron chi connectivity index (χ3n) is 5.22. The standard InChI is InChI=1S/C22H24ClN7O2/c1-3-29-8-4-5-9-30(22(31)28-19-11-20(32-2)26-14-25-19)21-18(29)7-6-17(27-21)15-10-16(23)13-24-12-15/h6-7,10-14H,3-5,8-9H2,1-2H3,(H,25,26,28,31). The van der Waals surface area contributed by atoms with Crippen LogP contribution in [0.4, 0.5) is 22.1 Å². The third-order valence-corrected chi connectivity index (χ3v) is 5.43. The maximum Gasteiger partial charge on any atom is 0.328 e. The van der Waals surface area contributed by atoms with Gasteiger partial charge in [-0.3, -0.25) is 15.2 Å². The number of nitrogens with zero attached hydrogens (tertiary/aromatic N) is 6. The molecular weight excluding hydrogens is 430 g/mol. The number of rotatable bonds is 4. The minimum absolute atomic E-state index is 0.321. The molecule has 10 heteroatoms. The summed E-state index contributed by atoms with van der Waals surface area (Å²) in [6.45, 7) is 4.34. The molecule has 1 aliphatic heterocycles. The number of pyridine rings is 2. The van der Waals surface area contributed by atoms with Crippen LogP contribution >= 0.6 is 11.6 Å². The zero-order valence-corrected chi connectivity index (χ0v) is 18.7. The van der Waals surface area contributed by atoms with Crippen molar-refractivity contribution in [2.75, 3.05) is 41.9 Å². The monoisotopic (exact) mass is 453 g/mol. The number of carbonyl (C=O) groups is 1. The van der Waals surface area contributed by atoms with Crippen LogP contribution in [0.2, 0.25) is 5.02 Å². The molecule has 9 nitrogen and oxygen atoms in total. The van der Waals surface area contributed by atoms with Gasteiger partial charge in [0, 0.05) is 43.7 Å². The summed E-state index contributed by atoms with van der Waals surface area (Å²) < 4.78 is 5.13. The van der Waals surface area contributed by atoms with E-state index in [1.54, 1.807) is 29.4 Å². The van der Waals surface area contributed by atoms with E-state index in [1.165, 1.54) is 13.4 Å². The number of aromatic nitrogens is 4. The molecule has 3 aromatic rings. The van der Waals surface area contributed by atoms with Gasteiger partial charge in [0.05, 0.1) is 23.5 Å².